The molecule has 0 saturated carbocycles. The lowest BCUT2D eigenvalue weighted by Crippen LogP contribution is -2.29. The minimum absolute atomic E-state index is 0.174. The van der Waals surface area contributed by atoms with Gasteiger partial charge < -0.3 is 15.5 Å². The molecule has 3 N–H and O–H groups in total. The molecule has 0 unspecified atom stereocenters. The molecule has 0 bridgehead atoms. The Labute approximate surface area is 103 Å². The second-order valence-electron chi connectivity index (χ2n) is 5.22. The van der Waals surface area contributed by atoms with E-state index in [1.54, 1.807) is 6.07 Å². The maximum atomic E-state index is 9.61. The van der Waals surface area contributed by atoms with Gasteiger partial charge in [-0.3, -0.25) is 0 Å². The largest absolute Gasteiger partial charge is 0.508 e. The van der Waals surface area contributed by atoms with E-state index in [0.717, 1.165) is 24.9 Å². The summed E-state index contributed by atoms with van der Waals surface area (Å²) >= 11 is 0. The summed E-state index contributed by atoms with van der Waals surface area (Å²) in [6.45, 7) is 6.17. The van der Waals surface area contributed by atoms with Crippen molar-refractivity contribution in [1.82, 2.24) is 5.32 Å². The molecular weight excluding hydrogens is 214 g/mol. The zero-order chi connectivity index (χ0) is 12.7. The summed E-state index contributed by atoms with van der Waals surface area (Å²) in [6, 6.07) is 7.37. The van der Waals surface area contributed by atoms with Crippen LogP contribution in [-0.2, 0) is 6.54 Å². The first-order valence-electron chi connectivity index (χ1n) is 6.13. The maximum absolute atomic E-state index is 9.61. The van der Waals surface area contributed by atoms with Gasteiger partial charge in [-0.15, -0.1) is 0 Å². The number of hydrogen-bond acceptors (Lipinski definition) is 3. The molecule has 0 fully saturated rings. The van der Waals surface area contributed by atoms with Gasteiger partial charge in [-0.25, -0.2) is 0 Å². The maximum Gasteiger partial charge on any atom is 0.120 e. The molecule has 0 atom stereocenters. The van der Waals surface area contributed by atoms with E-state index < -0.39 is 0 Å². The molecule has 0 aromatic heterocycles. The summed E-state index contributed by atoms with van der Waals surface area (Å²) in [7, 11) is 0. The molecule has 0 aliphatic carbocycles. The molecule has 0 spiro atoms. The molecule has 1 rings (SSSR count). The third-order valence-corrected chi connectivity index (χ3v) is 2.92. The van der Waals surface area contributed by atoms with Crippen LogP contribution in [-0.4, -0.2) is 23.4 Å². The lowest BCUT2D eigenvalue weighted by atomic mass is 9.88. The molecule has 1 aromatic rings. The number of rotatable bonds is 7. The van der Waals surface area contributed by atoms with Gasteiger partial charge in [0.05, 0.1) is 0 Å². The van der Waals surface area contributed by atoms with Crippen LogP contribution in [0.25, 0.3) is 0 Å². The first-order chi connectivity index (χ1) is 8.05. The van der Waals surface area contributed by atoms with Crippen molar-refractivity contribution >= 4 is 0 Å². The van der Waals surface area contributed by atoms with Gasteiger partial charge in [0.15, 0.2) is 0 Å². The van der Waals surface area contributed by atoms with E-state index in [2.05, 4.69) is 19.2 Å². The first-order valence-corrected chi connectivity index (χ1v) is 6.13. The van der Waals surface area contributed by atoms with Crippen LogP contribution in [0.1, 0.15) is 32.3 Å². The number of aromatic hydroxyl groups is 1. The lowest BCUT2D eigenvalue weighted by Gasteiger charge is -2.24. The van der Waals surface area contributed by atoms with Crippen molar-refractivity contribution in [2.24, 2.45) is 5.41 Å². The van der Waals surface area contributed by atoms with Crippen LogP contribution in [0.2, 0.25) is 0 Å². The predicted octanol–water partition coefficient (Wildman–Crippen LogP) is 2.28. The third-order valence-electron chi connectivity index (χ3n) is 2.92. The SMILES string of the molecule is CC(C)(CCCO)CNCc1ccccc1O. The normalized spacial score (nSPS) is 11.7. The number of aliphatic hydroxyl groups excluding tert-OH is 1. The average molecular weight is 237 g/mol. The molecule has 3 nitrogen and oxygen atoms in total. The van der Waals surface area contributed by atoms with Gasteiger partial charge in [-0.1, -0.05) is 32.0 Å². The first kappa shape index (κ1) is 14.0. The number of hydrogen-bond donors (Lipinski definition) is 3. The Balaban J connectivity index is 2.35. The number of phenols is 1. The van der Waals surface area contributed by atoms with Crippen LogP contribution in [0.15, 0.2) is 24.3 Å². The highest BCUT2D eigenvalue weighted by molar-refractivity contribution is 5.31. The molecule has 3 heteroatoms. The number of phenolic OH excluding ortho intramolecular Hbond substituents is 1. The van der Waals surface area contributed by atoms with E-state index in [1.165, 1.54) is 0 Å². The fourth-order valence-electron chi connectivity index (χ4n) is 1.84. The second kappa shape index (κ2) is 6.62. The molecule has 0 heterocycles. The Morgan fingerprint density at radius 2 is 1.94 bits per heavy atom. The highest BCUT2D eigenvalue weighted by atomic mass is 16.3. The molecule has 17 heavy (non-hydrogen) atoms. The summed E-state index contributed by atoms with van der Waals surface area (Å²) in [6.07, 6.45) is 1.84. The average Bonchev–Trinajstić information content (AvgIpc) is 2.29. The number of aliphatic hydroxyl groups is 1. The number of nitrogens with one attached hydrogen (secondary N) is 1. The van der Waals surface area contributed by atoms with E-state index in [4.69, 9.17) is 5.11 Å². The monoisotopic (exact) mass is 237 g/mol. The Hall–Kier alpha value is -1.06. The van der Waals surface area contributed by atoms with Gasteiger partial charge in [-0.05, 0) is 24.3 Å². The van der Waals surface area contributed by atoms with Crippen molar-refractivity contribution in [3.8, 4) is 5.75 Å². The standard InChI is InChI=1S/C14H23NO2/c1-14(2,8-5-9-16)11-15-10-12-6-3-4-7-13(12)17/h3-4,6-7,15-17H,5,8-11H2,1-2H3. The lowest BCUT2D eigenvalue weighted by molar-refractivity contribution is 0.236. The van der Waals surface area contributed by atoms with Crippen LogP contribution in [0.3, 0.4) is 0 Å². The van der Waals surface area contributed by atoms with Crippen LogP contribution in [0.4, 0.5) is 0 Å². The number of benzene rings is 1. The highest BCUT2D eigenvalue weighted by Crippen LogP contribution is 2.21. The van der Waals surface area contributed by atoms with Gasteiger partial charge in [0.1, 0.15) is 5.75 Å². The van der Waals surface area contributed by atoms with Crippen LogP contribution >= 0.6 is 0 Å². The van der Waals surface area contributed by atoms with Crippen molar-refractivity contribution in [2.45, 2.75) is 33.2 Å². The molecule has 0 saturated heterocycles. The van der Waals surface area contributed by atoms with E-state index in [9.17, 15) is 5.11 Å². The highest BCUT2D eigenvalue weighted by Gasteiger charge is 2.16. The summed E-state index contributed by atoms with van der Waals surface area (Å²) in [5, 5.41) is 21.8. The van der Waals surface area contributed by atoms with Crippen molar-refractivity contribution in [3.05, 3.63) is 29.8 Å². The fraction of sp³-hybridized carbons (Fsp3) is 0.571. The zero-order valence-corrected chi connectivity index (χ0v) is 10.7. The second-order valence-corrected chi connectivity index (χ2v) is 5.22. The zero-order valence-electron chi connectivity index (χ0n) is 10.7. The van der Waals surface area contributed by atoms with Crippen LogP contribution in [0.5, 0.6) is 5.75 Å². The van der Waals surface area contributed by atoms with Gasteiger partial charge in [-0.2, -0.15) is 0 Å². The third kappa shape index (κ3) is 5.20. The van der Waals surface area contributed by atoms with E-state index in [1.807, 2.05) is 18.2 Å². The quantitative estimate of drug-likeness (QED) is 0.682. The Morgan fingerprint density at radius 3 is 2.59 bits per heavy atom. The molecule has 96 valence electrons. The molecule has 0 radical (unpaired) electrons. The summed E-state index contributed by atoms with van der Waals surface area (Å²) in [5.74, 6) is 0.341. The van der Waals surface area contributed by atoms with E-state index >= 15 is 0 Å². The Bertz CT molecular complexity index is 337. The smallest absolute Gasteiger partial charge is 0.120 e. The Kier molecular flexibility index (Phi) is 5.45. The summed E-state index contributed by atoms with van der Waals surface area (Å²) in [5.41, 5.74) is 1.10. The Morgan fingerprint density at radius 1 is 1.24 bits per heavy atom. The predicted molar refractivity (Wildman–Crippen MR) is 69.9 cm³/mol. The minimum Gasteiger partial charge on any atom is -0.508 e. The number of para-hydroxylation sites is 1. The molecule has 0 aliphatic rings. The molecular formula is C14H23NO2. The summed E-state index contributed by atoms with van der Waals surface area (Å²) < 4.78 is 0. The van der Waals surface area contributed by atoms with Gasteiger partial charge >= 0.3 is 0 Å². The topological polar surface area (TPSA) is 52.5 Å². The van der Waals surface area contributed by atoms with Crippen molar-refractivity contribution in [2.75, 3.05) is 13.2 Å². The van der Waals surface area contributed by atoms with Crippen molar-refractivity contribution in [1.29, 1.82) is 0 Å². The minimum atomic E-state index is 0.174. The van der Waals surface area contributed by atoms with Crippen molar-refractivity contribution in [3.63, 3.8) is 0 Å². The van der Waals surface area contributed by atoms with Crippen molar-refractivity contribution < 1.29 is 10.2 Å². The van der Waals surface area contributed by atoms with Gasteiger partial charge in [0.2, 0.25) is 0 Å². The van der Waals surface area contributed by atoms with E-state index in [0.29, 0.717) is 12.3 Å². The van der Waals surface area contributed by atoms with Crippen LogP contribution in [0, 0.1) is 5.41 Å². The van der Waals surface area contributed by atoms with Gasteiger partial charge in [0, 0.05) is 25.3 Å². The van der Waals surface area contributed by atoms with Gasteiger partial charge in [0.25, 0.3) is 0 Å². The summed E-state index contributed by atoms with van der Waals surface area (Å²) in [4.78, 5) is 0. The van der Waals surface area contributed by atoms with Crippen LogP contribution < -0.4 is 5.32 Å². The fourth-order valence-corrected chi connectivity index (χ4v) is 1.84. The molecule has 1 aromatic carbocycles. The molecule has 0 aliphatic heterocycles. The van der Waals surface area contributed by atoms with E-state index in [-0.39, 0.29) is 12.0 Å². The molecule has 0 amide bonds.